The number of rotatable bonds is 1. The van der Waals surface area contributed by atoms with Crippen molar-refractivity contribution < 1.29 is 0 Å². The molecule has 10 heavy (non-hydrogen) atoms. The van der Waals surface area contributed by atoms with E-state index in [0.29, 0.717) is 0 Å². The first kappa shape index (κ1) is 7.84. The highest BCUT2D eigenvalue weighted by Crippen LogP contribution is 2.30. The Labute approximate surface area is 64.3 Å². The molecule has 1 rings (SSSR count). The van der Waals surface area contributed by atoms with E-state index in [1.165, 1.54) is 12.8 Å². The second-order valence-corrected chi connectivity index (χ2v) is 3.83. The molecule has 0 heteroatoms. The van der Waals surface area contributed by atoms with Crippen LogP contribution in [0.3, 0.4) is 0 Å². The van der Waals surface area contributed by atoms with E-state index in [-0.39, 0.29) is 0 Å². The molecular formula is C10H18. The van der Waals surface area contributed by atoms with E-state index >= 15 is 0 Å². The van der Waals surface area contributed by atoms with Crippen LogP contribution in [0.2, 0.25) is 0 Å². The van der Waals surface area contributed by atoms with Crippen LogP contribution in [0.4, 0.5) is 0 Å². The van der Waals surface area contributed by atoms with E-state index < -0.39 is 0 Å². The molecule has 0 amide bonds. The van der Waals surface area contributed by atoms with Gasteiger partial charge in [0.05, 0.1) is 0 Å². The van der Waals surface area contributed by atoms with Gasteiger partial charge in [-0.1, -0.05) is 32.9 Å². The van der Waals surface area contributed by atoms with Crippen molar-refractivity contribution in [2.75, 3.05) is 0 Å². The van der Waals surface area contributed by atoms with Crippen molar-refractivity contribution in [1.82, 2.24) is 0 Å². The molecule has 0 saturated heterocycles. The molecule has 0 aromatic heterocycles. The predicted molar refractivity (Wildman–Crippen MR) is 45.9 cm³/mol. The Morgan fingerprint density at radius 2 is 1.80 bits per heavy atom. The van der Waals surface area contributed by atoms with Crippen LogP contribution >= 0.6 is 0 Å². The Kier molecular flexibility index (Phi) is 2.53. The van der Waals surface area contributed by atoms with Gasteiger partial charge in [-0.2, -0.15) is 0 Å². The lowest BCUT2D eigenvalue weighted by Gasteiger charge is -2.28. The number of hydrogen-bond acceptors (Lipinski definition) is 0. The third kappa shape index (κ3) is 1.62. The lowest BCUT2D eigenvalue weighted by Crippen LogP contribution is -2.18. The van der Waals surface area contributed by atoms with E-state index in [2.05, 4.69) is 32.9 Å². The van der Waals surface area contributed by atoms with Crippen LogP contribution in [0.1, 0.15) is 33.6 Å². The third-order valence-electron chi connectivity index (χ3n) is 2.67. The Balaban J connectivity index is 2.51. The van der Waals surface area contributed by atoms with Crippen molar-refractivity contribution in [3.63, 3.8) is 0 Å². The van der Waals surface area contributed by atoms with E-state index in [0.717, 1.165) is 17.8 Å². The number of allylic oxidation sites excluding steroid dienone is 2. The molecule has 0 bridgehead atoms. The van der Waals surface area contributed by atoms with Crippen LogP contribution in [-0.2, 0) is 0 Å². The SMILES string of the molecule is CC(C)[C@@H]1CC=CC[C@@H]1C. The summed E-state index contributed by atoms with van der Waals surface area (Å²) in [5.41, 5.74) is 0. The fraction of sp³-hybridized carbons (Fsp3) is 0.800. The van der Waals surface area contributed by atoms with Gasteiger partial charge in [0.2, 0.25) is 0 Å². The molecule has 0 nitrogen and oxygen atoms in total. The molecule has 0 aromatic carbocycles. The summed E-state index contributed by atoms with van der Waals surface area (Å²) in [5, 5.41) is 0. The molecule has 0 aromatic rings. The van der Waals surface area contributed by atoms with Crippen LogP contribution in [0, 0.1) is 17.8 Å². The van der Waals surface area contributed by atoms with Gasteiger partial charge in [-0.3, -0.25) is 0 Å². The minimum atomic E-state index is 0.861. The molecule has 0 unspecified atom stereocenters. The van der Waals surface area contributed by atoms with E-state index in [9.17, 15) is 0 Å². The fourth-order valence-corrected chi connectivity index (χ4v) is 1.90. The topological polar surface area (TPSA) is 0 Å². The molecule has 58 valence electrons. The molecule has 2 atom stereocenters. The van der Waals surface area contributed by atoms with Gasteiger partial charge >= 0.3 is 0 Å². The van der Waals surface area contributed by atoms with Crippen LogP contribution in [-0.4, -0.2) is 0 Å². The Bertz CT molecular complexity index is 122. The van der Waals surface area contributed by atoms with Crippen LogP contribution in [0.15, 0.2) is 12.2 Å². The summed E-state index contributed by atoms with van der Waals surface area (Å²) in [6, 6.07) is 0. The average molecular weight is 138 g/mol. The van der Waals surface area contributed by atoms with Gasteiger partial charge in [0.25, 0.3) is 0 Å². The monoisotopic (exact) mass is 138 g/mol. The summed E-state index contributed by atoms with van der Waals surface area (Å²) >= 11 is 0. The van der Waals surface area contributed by atoms with Crippen molar-refractivity contribution in [3.05, 3.63) is 12.2 Å². The Morgan fingerprint density at radius 1 is 1.20 bits per heavy atom. The molecule has 0 fully saturated rings. The zero-order valence-electron chi connectivity index (χ0n) is 7.30. The number of hydrogen-bond donors (Lipinski definition) is 0. The fourth-order valence-electron chi connectivity index (χ4n) is 1.90. The quantitative estimate of drug-likeness (QED) is 0.488. The van der Waals surface area contributed by atoms with Crippen molar-refractivity contribution in [2.45, 2.75) is 33.6 Å². The van der Waals surface area contributed by atoms with Crippen molar-refractivity contribution in [1.29, 1.82) is 0 Å². The second kappa shape index (κ2) is 3.23. The first-order chi connectivity index (χ1) is 4.72. The normalized spacial score (nSPS) is 33.2. The van der Waals surface area contributed by atoms with Gasteiger partial charge in [0.1, 0.15) is 0 Å². The highest BCUT2D eigenvalue weighted by atomic mass is 14.3. The molecule has 0 N–H and O–H groups in total. The first-order valence-electron chi connectivity index (χ1n) is 4.37. The maximum absolute atomic E-state index is 2.37. The minimum absolute atomic E-state index is 0.861. The molecule has 0 spiro atoms. The molecule has 1 aliphatic carbocycles. The maximum atomic E-state index is 2.37. The minimum Gasteiger partial charge on any atom is -0.0883 e. The highest BCUT2D eigenvalue weighted by molar-refractivity contribution is 4.93. The van der Waals surface area contributed by atoms with Gasteiger partial charge in [-0.05, 0) is 30.6 Å². The Morgan fingerprint density at radius 3 is 2.20 bits per heavy atom. The predicted octanol–water partition coefficient (Wildman–Crippen LogP) is 3.24. The molecule has 0 heterocycles. The van der Waals surface area contributed by atoms with Gasteiger partial charge in [0, 0.05) is 0 Å². The standard InChI is InChI=1S/C10H18/c1-8(2)10-7-5-4-6-9(10)3/h4-5,8-10H,6-7H2,1-3H3/t9-,10-/m0/s1. The molecule has 0 saturated carbocycles. The summed E-state index contributed by atoms with van der Waals surface area (Å²) < 4.78 is 0. The summed E-state index contributed by atoms with van der Waals surface area (Å²) in [7, 11) is 0. The van der Waals surface area contributed by atoms with Gasteiger partial charge < -0.3 is 0 Å². The zero-order valence-corrected chi connectivity index (χ0v) is 7.30. The summed E-state index contributed by atoms with van der Waals surface area (Å²) in [4.78, 5) is 0. The van der Waals surface area contributed by atoms with Crippen LogP contribution in [0.25, 0.3) is 0 Å². The molecular weight excluding hydrogens is 120 g/mol. The third-order valence-corrected chi connectivity index (χ3v) is 2.67. The Hall–Kier alpha value is -0.260. The van der Waals surface area contributed by atoms with Gasteiger partial charge in [-0.15, -0.1) is 0 Å². The summed E-state index contributed by atoms with van der Waals surface area (Å²) in [5.74, 6) is 2.70. The smallest absolute Gasteiger partial charge is 0.0317 e. The first-order valence-corrected chi connectivity index (χ1v) is 4.37. The zero-order chi connectivity index (χ0) is 7.56. The van der Waals surface area contributed by atoms with Crippen LogP contribution < -0.4 is 0 Å². The molecule has 0 aliphatic heterocycles. The highest BCUT2D eigenvalue weighted by Gasteiger charge is 2.20. The average Bonchev–Trinajstić information content (AvgIpc) is 1.88. The van der Waals surface area contributed by atoms with Gasteiger partial charge in [0.15, 0.2) is 0 Å². The summed E-state index contributed by atoms with van der Waals surface area (Å²) in [6.45, 7) is 7.04. The largest absolute Gasteiger partial charge is 0.0883 e. The van der Waals surface area contributed by atoms with E-state index in [1.807, 2.05) is 0 Å². The molecule has 0 radical (unpaired) electrons. The van der Waals surface area contributed by atoms with E-state index in [1.54, 1.807) is 0 Å². The van der Waals surface area contributed by atoms with Crippen molar-refractivity contribution in [3.8, 4) is 0 Å². The summed E-state index contributed by atoms with van der Waals surface area (Å²) in [6.07, 6.45) is 7.26. The van der Waals surface area contributed by atoms with Gasteiger partial charge in [-0.25, -0.2) is 0 Å². The lowest BCUT2D eigenvalue weighted by molar-refractivity contribution is 0.264. The van der Waals surface area contributed by atoms with Crippen molar-refractivity contribution in [2.24, 2.45) is 17.8 Å². The van der Waals surface area contributed by atoms with Crippen LogP contribution in [0.5, 0.6) is 0 Å². The van der Waals surface area contributed by atoms with E-state index in [4.69, 9.17) is 0 Å². The maximum Gasteiger partial charge on any atom is -0.0317 e. The second-order valence-electron chi connectivity index (χ2n) is 3.83. The molecule has 1 aliphatic rings. The lowest BCUT2D eigenvalue weighted by atomic mass is 9.77. The van der Waals surface area contributed by atoms with Crippen molar-refractivity contribution >= 4 is 0 Å².